The van der Waals surface area contributed by atoms with E-state index in [1.54, 1.807) is 0 Å². The van der Waals surface area contributed by atoms with Crippen LogP contribution in [0, 0.1) is 5.82 Å². The molecule has 0 radical (unpaired) electrons. The summed E-state index contributed by atoms with van der Waals surface area (Å²) in [5.74, 6) is 0.190. The summed E-state index contributed by atoms with van der Waals surface area (Å²) in [6, 6.07) is 0. The fourth-order valence-corrected chi connectivity index (χ4v) is 2.02. The van der Waals surface area contributed by atoms with Crippen LogP contribution in [0.25, 0.3) is 0 Å². The first-order valence-electron chi connectivity index (χ1n) is 6.34. The summed E-state index contributed by atoms with van der Waals surface area (Å²) in [6.07, 6.45) is 5.50. The minimum atomic E-state index is -0.404. The molecule has 6 heteroatoms. The van der Waals surface area contributed by atoms with Gasteiger partial charge < -0.3 is 15.4 Å². The average molecular weight is 254 g/mol. The third kappa shape index (κ3) is 3.61. The van der Waals surface area contributed by atoms with Crippen LogP contribution < -0.4 is 10.6 Å². The number of aromatic nitrogens is 2. The standard InChI is InChI=1S/C12H19FN4O/c13-10-8-15-12(16-9-10)17-5-2-11(3-6-17)18-7-1-4-14/h8-9,11H,1-7,14H2. The van der Waals surface area contributed by atoms with Crippen molar-refractivity contribution < 1.29 is 9.13 Å². The quantitative estimate of drug-likeness (QED) is 0.793. The molecule has 2 N–H and O–H groups in total. The van der Waals surface area contributed by atoms with Crippen LogP contribution in [0.1, 0.15) is 19.3 Å². The van der Waals surface area contributed by atoms with Gasteiger partial charge in [-0.3, -0.25) is 0 Å². The van der Waals surface area contributed by atoms with Crippen molar-refractivity contribution in [2.45, 2.75) is 25.4 Å². The zero-order chi connectivity index (χ0) is 12.8. The van der Waals surface area contributed by atoms with E-state index in [4.69, 9.17) is 10.5 Å². The predicted octanol–water partition coefficient (Wildman–Crippen LogP) is 0.950. The molecule has 2 heterocycles. The SMILES string of the molecule is NCCCOC1CCN(c2ncc(F)cn2)CC1. The number of anilines is 1. The molecule has 1 aromatic rings. The van der Waals surface area contributed by atoms with Gasteiger partial charge in [0.05, 0.1) is 18.5 Å². The Balaban J connectivity index is 1.77. The van der Waals surface area contributed by atoms with Gasteiger partial charge in [0.1, 0.15) is 0 Å². The van der Waals surface area contributed by atoms with Crippen molar-refractivity contribution in [3.63, 3.8) is 0 Å². The van der Waals surface area contributed by atoms with E-state index in [-0.39, 0.29) is 0 Å². The van der Waals surface area contributed by atoms with E-state index in [0.717, 1.165) is 39.0 Å². The van der Waals surface area contributed by atoms with Crippen LogP contribution in [0.2, 0.25) is 0 Å². The molecular weight excluding hydrogens is 235 g/mol. The summed E-state index contributed by atoms with van der Waals surface area (Å²) in [5.41, 5.74) is 5.42. The molecule has 5 nitrogen and oxygen atoms in total. The first-order valence-corrected chi connectivity index (χ1v) is 6.34. The highest BCUT2D eigenvalue weighted by atomic mass is 19.1. The van der Waals surface area contributed by atoms with Crippen LogP contribution in [0.5, 0.6) is 0 Å². The Labute approximate surface area is 106 Å². The zero-order valence-corrected chi connectivity index (χ0v) is 10.4. The van der Waals surface area contributed by atoms with Crippen LogP contribution in [0.3, 0.4) is 0 Å². The molecule has 18 heavy (non-hydrogen) atoms. The fraction of sp³-hybridized carbons (Fsp3) is 0.667. The molecule has 0 amide bonds. The Hall–Kier alpha value is -1.27. The lowest BCUT2D eigenvalue weighted by Crippen LogP contribution is -2.38. The number of ether oxygens (including phenoxy) is 1. The van der Waals surface area contributed by atoms with Gasteiger partial charge in [-0.25, -0.2) is 14.4 Å². The van der Waals surface area contributed by atoms with Gasteiger partial charge in [0.25, 0.3) is 0 Å². The number of halogens is 1. The Morgan fingerprint density at radius 1 is 1.33 bits per heavy atom. The third-order valence-electron chi connectivity index (χ3n) is 3.03. The van der Waals surface area contributed by atoms with Crippen molar-refractivity contribution in [2.24, 2.45) is 5.73 Å². The lowest BCUT2D eigenvalue weighted by atomic mass is 10.1. The molecule has 0 aromatic carbocycles. The number of piperidine rings is 1. The van der Waals surface area contributed by atoms with Crippen molar-refractivity contribution in [2.75, 3.05) is 31.1 Å². The zero-order valence-electron chi connectivity index (χ0n) is 10.4. The highest BCUT2D eigenvalue weighted by Crippen LogP contribution is 2.17. The number of rotatable bonds is 5. The van der Waals surface area contributed by atoms with E-state index in [2.05, 4.69) is 14.9 Å². The molecule has 1 aliphatic heterocycles. The van der Waals surface area contributed by atoms with Crippen LogP contribution in [-0.2, 0) is 4.74 Å². The Morgan fingerprint density at radius 3 is 2.61 bits per heavy atom. The van der Waals surface area contributed by atoms with E-state index in [9.17, 15) is 4.39 Å². The number of hydrogen-bond donors (Lipinski definition) is 1. The molecule has 1 aromatic heterocycles. The normalized spacial score (nSPS) is 17.1. The minimum Gasteiger partial charge on any atom is -0.378 e. The summed E-state index contributed by atoms with van der Waals surface area (Å²) < 4.78 is 18.4. The van der Waals surface area contributed by atoms with E-state index in [1.165, 1.54) is 12.4 Å². The monoisotopic (exact) mass is 254 g/mol. The van der Waals surface area contributed by atoms with Gasteiger partial charge >= 0.3 is 0 Å². The Bertz CT molecular complexity index is 352. The summed E-state index contributed by atoms with van der Waals surface area (Å²) in [5, 5.41) is 0. The van der Waals surface area contributed by atoms with Gasteiger partial charge in [-0.15, -0.1) is 0 Å². The highest BCUT2D eigenvalue weighted by molar-refractivity contribution is 5.29. The average Bonchev–Trinajstić information content (AvgIpc) is 2.41. The molecule has 1 fully saturated rings. The van der Waals surface area contributed by atoms with Crippen molar-refractivity contribution >= 4 is 5.95 Å². The van der Waals surface area contributed by atoms with E-state index < -0.39 is 5.82 Å². The number of nitrogens with two attached hydrogens (primary N) is 1. The second-order valence-corrected chi connectivity index (χ2v) is 4.40. The molecule has 0 aliphatic carbocycles. The first kappa shape index (κ1) is 13.2. The molecule has 0 unspecified atom stereocenters. The van der Waals surface area contributed by atoms with Crippen molar-refractivity contribution in [1.29, 1.82) is 0 Å². The Morgan fingerprint density at radius 2 is 2.00 bits per heavy atom. The molecule has 0 bridgehead atoms. The van der Waals surface area contributed by atoms with Gasteiger partial charge in [0.15, 0.2) is 5.82 Å². The van der Waals surface area contributed by atoms with Gasteiger partial charge in [-0.05, 0) is 25.8 Å². The summed E-state index contributed by atoms with van der Waals surface area (Å²) >= 11 is 0. The molecule has 100 valence electrons. The maximum atomic E-state index is 12.7. The van der Waals surface area contributed by atoms with Crippen LogP contribution >= 0.6 is 0 Å². The molecule has 0 saturated carbocycles. The second-order valence-electron chi connectivity index (χ2n) is 4.40. The van der Waals surface area contributed by atoms with E-state index >= 15 is 0 Å². The van der Waals surface area contributed by atoms with E-state index in [1.807, 2.05) is 0 Å². The van der Waals surface area contributed by atoms with Gasteiger partial charge in [0.2, 0.25) is 5.95 Å². The lowest BCUT2D eigenvalue weighted by molar-refractivity contribution is 0.0364. The molecule has 1 saturated heterocycles. The lowest BCUT2D eigenvalue weighted by Gasteiger charge is -2.31. The van der Waals surface area contributed by atoms with Crippen molar-refractivity contribution in [3.05, 3.63) is 18.2 Å². The van der Waals surface area contributed by atoms with Gasteiger partial charge in [-0.2, -0.15) is 0 Å². The summed E-state index contributed by atoms with van der Waals surface area (Å²) in [7, 11) is 0. The molecule has 2 rings (SSSR count). The smallest absolute Gasteiger partial charge is 0.225 e. The first-order chi connectivity index (χ1) is 8.79. The summed E-state index contributed by atoms with van der Waals surface area (Å²) in [4.78, 5) is 10.0. The van der Waals surface area contributed by atoms with E-state index in [0.29, 0.717) is 18.6 Å². The second kappa shape index (κ2) is 6.61. The maximum absolute atomic E-state index is 12.7. The van der Waals surface area contributed by atoms with Crippen LogP contribution in [0.15, 0.2) is 12.4 Å². The van der Waals surface area contributed by atoms with Crippen LogP contribution in [-0.4, -0.2) is 42.3 Å². The topological polar surface area (TPSA) is 64.3 Å². The Kier molecular flexibility index (Phi) is 4.83. The largest absolute Gasteiger partial charge is 0.378 e. The molecule has 1 aliphatic rings. The van der Waals surface area contributed by atoms with Crippen molar-refractivity contribution in [3.8, 4) is 0 Å². The fourth-order valence-electron chi connectivity index (χ4n) is 2.02. The molecule has 0 spiro atoms. The predicted molar refractivity (Wildman–Crippen MR) is 66.8 cm³/mol. The van der Waals surface area contributed by atoms with Crippen LogP contribution in [0.4, 0.5) is 10.3 Å². The van der Waals surface area contributed by atoms with Gasteiger partial charge in [-0.1, -0.05) is 0 Å². The van der Waals surface area contributed by atoms with Crippen molar-refractivity contribution in [1.82, 2.24) is 9.97 Å². The molecule has 0 atom stereocenters. The third-order valence-corrected chi connectivity index (χ3v) is 3.03. The number of nitrogens with zero attached hydrogens (tertiary/aromatic N) is 3. The van der Waals surface area contributed by atoms with Gasteiger partial charge in [0, 0.05) is 19.7 Å². The number of hydrogen-bond acceptors (Lipinski definition) is 5. The minimum absolute atomic E-state index is 0.299. The highest BCUT2D eigenvalue weighted by Gasteiger charge is 2.21. The summed E-state index contributed by atoms with van der Waals surface area (Å²) in [6.45, 7) is 3.09. The maximum Gasteiger partial charge on any atom is 0.225 e. The molecular formula is C12H19FN4O.